The highest BCUT2D eigenvalue weighted by Gasteiger charge is 2.46. The Balaban J connectivity index is 1.31. The van der Waals surface area contributed by atoms with Crippen LogP contribution in [0.3, 0.4) is 0 Å². The molecule has 5 rings (SSSR count). The summed E-state index contributed by atoms with van der Waals surface area (Å²) in [6.45, 7) is 0. The Bertz CT molecular complexity index is 943. The average Bonchev–Trinajstić information content (AvgIpc) is 3.28. The number of benzene rings is 1. The minimum Gasteiger partial charge on any atom is -0.325 e. The molecule has 0 bridgehead atoms. The van der Waals surface area contributed by atoms with Gasteiger partial charge in [0.15, 0.2) is 5.82 Å². The van der Waals surface area contributed by atoms with Gasteiger partial charge in [0, 0.05) is 41.0 Å². The van der Waals surface area contributed by atoms with Crippen LogP contribution in [0.25, 0.3) is 11.4 Å². The molecule has 2 aromatic rings. The van der Waals surface area contributed by atoms with Gasteiger partial charge in [-0.2, -0.15) is 0 Å². The van der Waals surface area contributed by atoms with Crippen molar-refractivity contribution < 1.29 is 9.72 Å². The molecule has 11 nitrogen and oxygen atoms in total. The number of rotatable bonds is 5. The third-order valence-electron chi connectivity index (χ3n) is 6.08. The number of nitrogens with zero attached hydrogens (tertiary/aromatic N) is 5. The first-order valence-electron chi connectivity index (χ1n) is 9.94. The number of anilines is 1. The van der Waals surface area contributed by atoms with Crippen molar-refractivity contribution in [3.8, 4) is 11.4 Å². The molecule has 1 aromatic carbocycles. The third-order valence-corrected chi connectivity index (χ3v) is 6.08. The highest BCUT2D eigenvalue weighted by molar-refractivity contribution is 5.95. The highest BCUT2D eigenvalue weighted by Crippen LogP contribution is 2.37. The summed E-state index contributed by atoms with van der Waals surface area (Å²) in [7, 11) is 0. The van der Waals surface area contributed by atoms with E-state index in [4.69, 9.17) is 0 Å². The Morgan fingerprint density at radius 2 is 2.10 bits per heavy atom. The van der Waals surface area contributed by atoms with Gasteiger partial charge >= 0.3 is 0 Å². The van der Waals surface area contributed by atoms with E-state index in [1.807, 2.05) is 28.9 Å². The van der Waals surface area contributed by atoms with E-state index in [0.717, 1.165) is 18.4 Å². The van der Waals surface area contributed by atoms with Crippen molar-refractivity contribution in [2.75, 3.05) is 5.32 Å². The number of fused-ring (bicyclic) bond motifs is 1. The fourth-order valence-electron chi connectivity index (χ4n) is 4.39. The first-order valence-corrected chi connectivity index (χ1v) is 9.94. The Hall–Kier alpha value is -2.92. The zero-order valence-corrected chi connectivity index (χ0v) is 15.7. The molecule has 3 fully saturated rings. The number of amides is 1. The molecular formula is C18H22N8O3. The summed E-state index contributed by atoms with van der Waals surface area (Å²) in [6.07, 6.45) is 3.76. The number of carbonyl (C=O) groups excluding carboxylic acids is 1. The standard InChI is InChI=1S/C18H22N8O3/c27-18(16-14-9-13(26(28)29)6-7-15(14)20-21-16)19-11-3-1-2-10(8-11)17-22-23-24-25(17)12-4-5-12/h1-3,8,12-16,20-21H,4-7,9H2,(H,19,27). The quantitative estimate of drug-likeness (QED) is 0.499. The van der Waals surface area contributed by atoms with Crippen LogP contribution in [0.1, 0.15) is 38.1 Å². The Labute approximate surface area is 166 Å². The minimum absolute atomic E-state index is 0.0800. The molecule has 4 unspecified atom stereocenters. The lowest BCUT2D eigenvalue weighted by Gasteiger charge is -2.28. The molecule has 0 spiro atoms. The summed E-state index contributed by atoms with van der Waals surface area (Å²) < 4.78 is 1.83. The molecule has 152 valence electrons. The number of nitro groups is 1. The van der Waals surface area contributed by atoms with Crippen molar-refractivity contribution in [2.24, 2.45) is 5.92 Å². The van der Waals surface area contributed by atoms with Gasteiger partial charge in [0.2, 0.25) is 11.9 Å². The molecule has 0 radical (unpaired) electrons. The smallest absolute Gasteiger partial charge is 0.243 e. The van der Waals surface area contributed by atoms with E-state index >= 15 is 0 Å². The molecule has 2 heterocycles. The van der Waals surface area contributed by atoms with E-state index in [-0.39, 0.29) is 22.8 Å². The fraction of sp³-hybridized carbons (Fsp3) is 0.556. The van der Waals surface area contributed by atoms with Crippen LogP contribution in [-0.4, -0.2) is 49.2 Å². The van der Waals surface area contributed by atoms with Crippen molar-refractivity contribution in [1.29, 1.82) is 0 Å². The molecule has 2 saturated carbocycles. The maximum absolute atomic E-state index is 12.9. The summed E-state index contributed by atoms with van der Waals surface area (Å²) in [6, 6.07) is 6.76. The van der Waals surface area contributed by atoms with Crippen LogP contribution in [-0.2, 0) is 4.79 Å². The van der Waals surface area contributed by atoms with Crippen molar-refractivity contribution >= 4 is 11.6 Å². The lowest BCUT2D eigenvalue weighted by Crippen LogP contribution is -2.44. The second-order valence-electron chi connectivity index (χ2n) is 8.04. The monoisotopic (exact) mass is 398 g/mol. The number of hydrazine groups is 1. The minimum atomic E-state index is -0.585. The molecule has 1 aliphatic heterocycles. The lowest BCUT2D eigenvalue weighted by atomic mass is 9.79. The maximum Gasteiger partial charge on any atom is 0.243 e. The van der Waals surface area contributed by atoms with Gasteiger partial charge in [-0.3, -0.25) is 20.3 Å². The second kappa shape index (κ2) is 7.16. The number of aromatic nitrogens is 4. The predicted molar refractivity (Wildman–Crippen MR) is 102 cm³/mol. The number of hydrogen-bond donors (Lipinski definition) is 3. The largest absolute Gasteiger partial charge is 0.325 e. The van der Waals surface area contributed by atoms with E-state index in [1.54, 1.807) is 0 Å². The number of tetrazole rings is 1. The summed E-state index contributed by atoms with van der Waals surface area (Å²) in [5.74, 6) is 0.378. The summed E-state index contributed by atoms with van der Waals surface area (Å²) >= 11 is 0. The van der Waals surface area contributed by atoms with Crippen LogP contribution in [0.15, 0.2) is 24.3 Å². The van der Waals surface area contributed by atoms with E-state index < -0.39 is 12.1 Å². The molecule has 1 saturated heterocycles. The number of hydrogen-bond acceptors (Lipinski definition) is 8. The van der Waals surface area contributed by atoms with Gasteiger partial charge in [-0.1, -0.05) is 12.1 Å². The summed E-state index contributed by atoms with van der Waals surface area (Å²) in [5, 5.41) is 26.1. The molecule has 3 N–H and O–H groups in total. The van der Waals surface area contributed by atoms with Crippen molar-refractivity contribution in [3.63, 3.8) is 0 Å². The zero-order chi connectivity index (χ0) is 20.0. The molecule has 2 aliphatic carbocycles. The van der Waals surface area contributed by atoms with Crippen LogP contribution >= 0.6 is 0 Å². The third kappa shape index (κ3) is 3.47. The maximum atomic E-state index is 12.9. The van der Waals surface area contributed by atoms with E-state index in [0.29, 0.717) is 36.8 Å². The number of nitrogens with one attached hydrogen (secondary N) is 3. The summed E-state index contributed by atoms with van der Waals surface area (Å²) in [4.78, 5) is 23.9. The van der Waals surface area contributed by atoms with E-state index in [2.05, 4.69) is 31.7 Å². The highest BCUT2D eigenvalue weighted by atomic mass is 16.6. The lowest BCUT2D eigenvalue weighted by molar-refractivity contribution is -0.528. The molecule has 11 heteroatoms. The summed E-state index contributed by atoms with van der Waals surface area (Å²) in [5.41, 5.74) is 7.64. The average molecular weight is 398 g/mol. The fourth-order valence-corrected chi connectivity index (χ4v) is 4.39. The molecule has 3 aliphatic rings. The van der Waals surface area contributed by atoms with Gasteiger partial charge in [0.1, 0.15) is 6.04 Å². The molecule has 29 heavy (non-hydrogen) atoms. The topological polar surface area (TPSA) is 140 Å². The first kappa shape index (κ1) is 18.1. The van der Waals surface area contributed by atoms with Crippen LogP contribution in [0.2, 0.25) is 0 Å². The van der Waals surface area contributed by atoms with Gasteiger partial charge < -0.3 is 5.32 Å². The Kier molecular flexibility index (Phi) is 4.47. The van der Waals surface area contributed by atoms with Crippen molar-refractivity contribution in [2.45, 2.75) is 56.3 Å². The number of carbonyl (C=O) groups is 1. The molecule has 1 aromatic heterocycles. The van der Waals surface area contributed by atoms with E-state index in [9.17, 15) is 14.9 Å². The Morgan fingerprint density at radius 3 is 2.90 bits per heavy atom. The molecule has 1 amide bonds. The van der Waals surface area contributed by atoms with Gasteiger partial charge in [0.25, 0.3) is 0 Å². The predicted octanol–water partition coefficient (Wildman–Crippen LogP) is 0.904. The van der Waals surface area contributed by atoms with Crippen molar-refractivity contribution in [1.82, 2.24) is 31.1 Å². The van der Waals surface area contributed by atoms with Crippen LogP contribution in [0.4, 0.5) is 5.69 Å². The van der Waals surface area contributed by atoms with Gasteiger partial charge in [-0.15, -0.1) is 5.10 Å². The molecule has 4 atom stereocenters. The van der Waals surface area contributed by atoms with Crippen molar-refractivity contribution in [3.05, 3.63) is 34.4 Å². The first-order chi connectivity index (χ1) is 14.1. The van der Waals surface area contributed by atoms with E-state index in [1.165, 1.54) is 0 Å². The van der Waals surface area contributed by atoms with Gasteiger partial charge in [0.05, 0.1) is 6.04 Å². The van der Waals surface area contributed by atoms with Crippen LogP contribution < -0.4 is 16.2 Å². The normalized spacial score (nSPS) is 28.7. The van der Waals surface area contributed by atoms with Gasteiger partial charge in [-0.25, -0.2) is 10.1 Å². The van der Waals surface area contributed by atoms with Gasteiger partial charge in [-0.05, 0) is 41.8 Å². The van der Waals surface area contributed by atoms with Crippen LogP contribution in [0, 0.1) is 16.0 Å². The Morgan fingerprint density at radius 1 is 1.24 bits per heavy atom. The van der Waals surface area contributed by atoms with Crippen LogP contribution in [0.5, 0.6) is 0 Å². The second-order valence-corrected chi connectivity index (χ2v) is 8.04. The SMILES string of the molecule is O=C(Nc1cccc(-c2nnnn2C2CC2)c1)C1NNC2CCC([N+](=O)[O-])CC21. The zero-order valence-electron chi connectivity index (χ0n) is 15.7. The molecular weight excluding hydrogens is 376 g/mol.